The second kappa shape index (κ2) is 8.56. The van der Waals surface area contributed by atoms with Crippen LogP contribution in [0.25, 0.3) is 0 Å². The van der Waals surface area contributed by atoms with Crippen molar-refractivity contribution in [3.8, 4) is 5.75 Å². The number of methoxy groups -OCH3 is 1. The molecular formula is C25H20Cl2N2O5. The van der Waals surface area contributed by atoms with Crippen molar-refractivity contribution in [2.45, 2.75) is 6.42 Å². The number of ether oxygens (including phenoxy) is 1. The van der Waals surface area contributed by atoms with Crippen molar-refractivity contribution in [3.05, 3.63) is 75.8 Å². The molecule has 0 aromatic heterocycles. The van der Waals surface area contributed by atoms with E-state index in [4.69, 9.17) is 27.9 Å². The molecule has 174 valence electrons. The molecule has 34 heavy (non-hydrogen) atoms. The number of nitrogens with zero attached hydrogens (tertiary/aromatic N) is 2. The summed E-state index contributed by atoms with van der Waals surface area (Å²) in [5.41, 5.74) is 0.388. The number of carbonyl (C=O) groups excluding carboxylic acids is 4. The lowest BCUT2D eigenvalue weighted by atomic mass is 9.85. The minimum atomic E-state index is -0.697. The molecule has 1 saturated heterocycles. The van der Waals surface area contributed by atoms with E-state index in [9.17, 15) is 19.2 Å². The Hall–Kier alpha value is -3.16. The van der Waals surface area contributed by atoms with Gasteiger partial charge in [-0.2, -0.15) is 5.01 Å². The molecular weight excluding hydrogens is 479 g/mol. The zero-order chi connectivity index (χ0) is 24.1. The first kappa shape index (κ1) is 22.6. The van der Waals surface area contributed by atoms with Gasteiger partial charge in [-0.3, -0.25) is 19.2 Å². The summed E-state index contributed by atoms with van der Waals surface area (Å²) in [4.78, 5) is 53.5. The van der Waals surface area contributed by atoms with Gasteiger partial charge in [0.2, 0.25) is 0 Å². The van der Waals surface area contributed by atoms with Crippen LogP contribution in [-0.2, 0) is 9.59 Å². The SMILES string of the molecule is COc1cccc(C(=O)CN(C(=O)c2ccc(Cl)c(Cl)c2)N2C(=O)[C@H]3[C@H](C2=O)[C@H]2C=C[C@H]3C2)c1. The Morgan fingerprint density at radius 1 is 0.971 bits per heavy atom. The fourth-order valence-corrected chi connectivity index (χ4v) is 5.46. The highest BCUT2D eigenvalue weighted by molar-refractivity contribution is 6.42. The van der Waals surface area contributed by atoms with Gasteiger partial charge in [0.15, 0.2) is 5.78 Å². The molecule has 3 amide bonds. The highest BCUT2D eigenvalue weighted by Crippen LogP contribution is 2.52. The number of ketones is 1. The molecule has 0 unspecified atom stereocenters. The molecule has 1 saturated carbocycles. The molecule has 0 N–H and O–H groups in total. The second-order valence-corrected chi connectivity index (χ2v) is 9.45. The van der Waals surface area contributed by atoms with Gasteiger partial charge < -0.3 is 4.74 Å². The number of carbonyl (C=O) groups is 4. The lowest BCUT2D eigenvalue weighted by Gasteiger charge is -2.31. The number of hydrazine groups is 1. The highest BCUT2D eigenvalue weighted by Gasteiger charge is 2.61. The average molecular weight is 499 g/mol. The number of benzene rings is 2. The Kier molecular flexibility index (Phi) is 5.70. The number of allylic oxidation sites excluding steroid dienone is 2. The van der Waals surface area contributed by atoms with Gasteiger partial charge >= 0.3 is 0 Å². The zero-order valence-electron chi connectivity index (χ0n) is 18.1. The zero-order valence-corrected chi connectivity index (χ0v) is 19.6. The van der Waals surface area contributed by atoms with E-state index >= 15 is 0 Å². The number of imide groups is 1. The summed E-state index contributed by atoms with van der Waals surface area (Å²) < 4.78 is 5.18. The summed E-state index contributed by atoms with van der Waals surface area (Å²) in [5.74, 6) is -2.70. The van der Waals surface area contributed by atoms with Gasteiger partial charge in [-0.15, -0.1) is 0 Å². The number of fused-ring (bicyclic) bond motifs is 5. The molecule has 2 aromatic carbocycles. The molecule has 9 heteroatoms. The van der Waals surface area contributed by atoms with Gasteiger partial charge in [0, 0.05) is 11.1 Å². The van der Waals surface area contributed by atoms with Gasteiger partial charge in [-0.1, -0.05) is 47.5 Å². The largest absolute Gasteiger partial charge is 0.497 e. The van der Waals surface area contributed by atoms with E-state index in [-0.39, 0.29) is 33.0 Å². The van der Waals surface area contributed by atoms with Crippen LogP contribution < -0.4 is 4.74 Å². The van der Waals surface area contributed by atoms with Crippen molar-refractivity contribution in [1.29, 1.82) is 0 Å². The van der Waals surface area contributed by atoms with E-state index < -0.39 is 41.9 Å². The van der Waals surface area contributed by atoms with E-state index in [2.05, 4.69) is 0 Å². The lowest BCUT2D eigenvalue weighted by Crippen LogP contribution is -2.52. The van der Waals surface area contributed by atoms with E-state index in [1.807, 2.05) is 12.2 Å². The van der Waals surface area contributed by atoms with Crippen molar-refractivity contribution in [2.75, 3.05) is 13.7 Å². The summed E-state index contributed by atoms with van der Waals surface area (Å²) >= 11 is 12.1. The van der Waals surface area contributed by atoms with Gasteiger partial charge in [0.25, 0.3) is 17.7 Å². The van der Waals surface area contributed by atoms with Crippen LogP contribution >= 0.6 is 23.2 Å². The first-order valence-corrected chi connectivity index (χ1v) is 11.6. The quantitative estimate of drug-likeness (QED) is 0.340. The molecule has 4 atom stereocenters. The number of Topliss-reactive ketones (excluding diaryl/α,β-unsaturated/α-hetero) is 1. The van der Waals surface area contributed by atoms with Crippen molar-refractivity contribution < 1.29 is 23.9 Å². The second-order valence-electron chi connectivity index (χ2n) is 8.63. The Labute approximate surface area is 205 Å². The maximum Gasteiger partial charge on any atom is 0.273 e. The molecule has 1 aliphatic heterocycles. The van der Waals surface area contributed by atoms with Crippen LogP contribution in [0.4, 0.5) is 0 Å². The minimum absolute atomic E-state index is 0.0348. The maximum atomic E-state index is 13.6. The number of rotatable bonds is 6. The smallest absolute Gasteiger partial charge is 0.273 e. The van der Waals surface area contributed by atoms with Crippen molar-refractivity contribution in [2.24, 2.45) is 23.7 Å². The first-order chi connectivity index (χ1) is 16.3. The van der Waals surface area contributed by atoms with Crippen molar-refractivity contribution in [3.63, 3.8) is 0 Å². The van der Waals surface area contributed by atoms with Crippen molar-refractivity contribution in [1.82, 2.24) is 10.0 Å². The van der Waals surface area contributed by atoms with Crippen LogP contribution in [0, 0.1) is 23.7 Å². The van der Waals surface area contributed by atoms with Crippen LogP contribution in [0.1, 0.15) is 27.1 Å². The Morgan fingerprint density at radius 3 is 2.26 bits per heavy atom. The molecule has 2 aliphatic carbocycles. The van der Waals surface area contributed by atoms with E-state index in [0.717, 1.165) is 16.4 Å². The number of amides is 3. The predicted octanol–water partition coefficient (Wildman–Crippen LogP) is 4.05. The number of hydrogen-bond acceptors (Lipinski definition) is 5. The average Bonchev–Trinajstić information content (AvgIpc) is 3.52. The lowest BCUT2D eigenvalue weighted by molar-refractivity contribution is -0.154. The molecule has 5 rings (SSSR count). The fourth-order valence-electron chi connectivity index (χ4n) is 5.16. The Morgan fingerprint density at radius 2 is 1.65 bits per heavy atom. The van der Waals surface area contributed by atoms with Crippen LogP contribution in [0.2, 0.25) is 10.0 Å². The monoisotopic (exact) mass is 498 g/mol. The summed E-state index contributed by atoms with van der Waals surface area (Å²) in [6.07, 6.45) is 4.68. The summed E-state index contributed by atoms with van der Waals surface area (Å²) in [6, 6.07) is 10.7. The first-order valence-electron chi connectivity index (χ1n) is 10.8. The normalized spacial score (nSPS) is 24.5. The van der Waals surface area contributed by atoms with Gasteiger partial charge in [0.1, 0.15) is 12.3 Å². The van der Waals surface area contributed by atoms with Crippen molar-refractivity contribution >= 4 is 46.7 Å². The molecule has 1 heterocycles. The molecule has 2 fully saturated rings. The van der Waals surface area contributed by atoms with E-state index in [0.29, 0.717) is 5.75 Å². The van der Waals surface area contributed by atoms with Crippen LogP contribution in [0.3, 0.4) is 0 Å². The van der Waals surface area contributed by atoms with E-state index in [1.165, 1.54) is 31.4 Å². The third-order valence-corrected chi connectivity index (χ3v) is 7.51. The van der Waals surface area contributed by atoms with Gasteiger partial charge in [0.05, 0.1) is 29.0 Å². The third kappa shape index (κ3) is 3.60. The molecule has 2 aromatic rings. The topological polar surface area (TPSA) is 84.0 Å². The summed E-state index contributed by atoms with van der Waals surface area (Å²) in [6.45, 7) is -0.508. The molecule has 2 bridgehead atoms. The molecule has 3 aliphatic rings. The van der Waals surface area contributed by atoms with Gasteiger partial charge in [-0.25, -0.2) is 5.01 Å². The summed E-state index contributed by atoms with van der Waals surface area (Å²) in [7, 11) is 1.48. The standard InChI is InChI=1S/C25H20Cl2N2O5/c1-34-17-4-2-3-13(10-17)20(30)12-28(23(31)16-7-8-18(26)19(27)11-16)29-24(32)21-14-5-6-15(9-14)22(21)25(29)33/h2-8,10-11,14-15,21-22H,9,12H2,1H3/t14-,15-,21+,22+/m0/s1. The highest BCUT2D eigenvalue weighted by atomic mass is 35.5. The summed E-state index contributed by atoms with van der Waals surface area (Å²) in [5, 5.41) is 2.20. The third-order valence-electron chi connectivity index (χ3n) is 6.77. The number of halogens is 2. The predicted molar refractivity (Wildman–Crippen MR) is 124 cm³/mol. The molecule has 0 spiro atoms. The van der Waals surface area contributed by atoms with E-state index in [1.54, 1.807) is 18.2 Å². The maximum absolute atomic E-state index is 13.6. The Bertz CT molecular complexity index is 1230. The molecule has 7 nitrogen and oxygen atoms in total. The van der Waals surface area contributed by atoms with Gasteiger partial charge in [-0.05, 0) is 48.6 Å². The van der Waals surface area contributed by atoms with Crippen LogP contribution in [-0.4, -0.2) is 47.2 Å². The minimum Gasteiger partial charge on any atom is -0.497 e. The Balaban J connectivity index is 1.51. The molecule has 0 radical (unpaired) electrons. The van der Waals surface area contributed by atoms with Crippen LogP contribution in [0.15, 0.2) is 54.6 Å². The van der Waals surface area contributed by atoms with Crippen LogP contribution in [0.5, 0.6) is 5.75 Å². The fraction of sp³-hybridized carbons (Fsp3) is 0.280. The number of hydrogen-bond donors (Lipinski definition) is 0.